The van der Waals surface area contributed by atoms with Crippen molar-refractivity contribution in [2.24, 2.45) is 14.1 Å². The Morgan fingerprint density at radius 3 is 2.72 bits per heavy atom. The first-order valence-corrected chi connectivity index (χ1v) is 7.74. The van der Waals surface area contributed by atoms with E-state index in [1.54, 1.807) is 53.9 Å². The summed E-state index contributed by atoms with van der Waals surface area (Å²) in [5.41, 5.74) is 1.92. The number of benzene rings is 1. The van der Waals surface area contributed by atoms with Gasteiger partial charge in [-0.05, 0) is 24.6 Å². The highest BCUT2D eigenvalue weighted by Crippen LogP contribution is 2.21. The van der Waals surface area contributed by atoms with Crippen molar-refractivity contribution < 1.29 is 9.18 Å². The summed E-state index contributed by atoms with van der Waals surface area (Å²) in [6, 6.07) is 5.08. The van der Waals surface area contributed by atoms with E-state index in [0.717, 1.165) is 0 Å². The number of halogens is 1. The van der Waals surface area contributed by atoms with Crippen molar-refractivity contribution in [2.45, 2.75) is 13.0 Å². The number of aromatic nitrogens is 4. The molecule has 2 aromatic heterocycles. The van der Waals surface area contributed by atoms with Crippen LogP contribution >= 0.6 is 0 Å². The zero-order valence-electron chi connectivity index (χ0n) is 14.2. The van der Waals surface area contributed by atoms with Crippen LogP contribution in [0, 0.1) is 12.7 Å². The van der Waals surface area contributed by atoms with Crippen LogP contribution in [0.2, 0.25) is 0 Å². The van der Waals surface area contributed by atoms with E-state index in [9.17, 15) is 9.18 Å². The molecule has 25 heavy (non-hydrogen) atoms. The Balaban J connectivity index is 1.86. The summed E-state index contributed by atoms with van der Waals surface area (Å²) in [4.78, 5) is 16.7. The first-order chi connectivity index (χ1) is 11.9. The molecule has 2 heterocycles. The topological polar surface area (TPSA) is 76.8 Å². The molecule has 1 aromatic carbocycles. The zero-order chi connectivity index (χ0) is 18.0. The molecule has 0 radical (unpaired) electrons. The van der Waals surface area contributed by atoms with Crippen LogP contribution in [-0.2, 0) is 14.1 Å². The van der Waals surface area contributed by atoms with E-state index >= 15 is 0 Å². The molecule has 2 N–H and O–H groups in total. The second kappa shape index (κ2) is 6.76. The van der Waals surface area contributed by atoms with E-state index in [-0.39, 0.29) is 5.82 Å². The summed E-state index contributed by atoms with van der Waals surface area (Å²) < 4.78 is 17.0. The molecular formula is C17H19FN6O. The van der Waals surface area contributed by atoms with Gasteiger partial charge in [-0.15, -0.1) is 0 Å². The van der Waals surface area contributed by atoms with Crippen LogP contribution in [-0.4, -0.2) is 25.4 Å². The minimum atomic E-state index is -0.590. The molecule has 7 nitrogen and oxygen atoms in total. The van der Waals surface area contributed by atoms with Crippen LogP contribution in [0.15, 0.2) is 42.9 Å². The molecule has 0 saturated carbocycles. The number of imidazole rings is 1. The van der Waals surface area contributed by atoms with Gasteiger partial charge < -0.3 is 15.2 Å². The molecule has 130 valence electrons. The first-order valence-electron chi connectivity index (χ1n) is 7.74. The van der Waals surface area contributed by atoms with Crippen LogP contribution in [0.3, 0.4) is 0 Å². The second-order valence-corrected chi connectivity index (χ2v) is 5.78. The number of urea groups is 1. The summed E-state index contributed by atoms with van der Waals surface area (Å²) in [5.74, 6) is 0.227. The quantitative estimate of drug-likeness (QED) is 0.765. The molecule has 0 saturated heterocycles. The lowest BCUT2D eigenvalue weighted by Gasteiger charge is -2.19. The Morgan fingerprint density at radius 2 is 2.12 bits per heavy atom. The first kappa shape index (κ1) is 16.7. The Labute approximate surface area is 144 Å². The predicted octanol–water partition coefficient (Wildman–Crippen LogP) is 2.51. The molecule has 0 fully saturated rings. The van der Waals surface area contributed by atoms with Gasteiger partial charge in [0.25, 0.3) is 0 Å². The molecule has 0 aliphatic heterocycles. The highest BCUT2D eigenvalue weighted by Gasteiger charge is 2.21. The van der Waals surface area contributed by atoms with Crippen LogP contribution in [0.5, 0.6) is 0 Å². The highest BCUT2D eigenvalue weighted by atomic mass is 19.1. The molecule has 3 rings (SSSR count). The van der Waals surface area contributed by atoms with Gasteiger partial charge in [-0.2, -0.15) is 5.10 Å². The van der Waals surface area contributed by atoms with Crippen LogP contribution < -0.4 is 10.6 Å². The third-order valence-corrected chi connectivity index (χ3v) is 3.84. The molecule has 8 heteroatoms. The van der Waals surface area contributed by atoms with Crippen molar-refractivity contribution in [2.75, 3.05) is 5.32 Å². The maximum atomic E-state index is 13.6. The fourth-order valence-electron chi connectivity index (χ4n) is 2.65. The molecule has 3 aromatic rings. The second-order valence-electron chi connectivity index (χ2n) is 5.78. The van der Waals surface area contributed by atoms with E-state index in [2.05, 4.69) is 20.7 Å². The number of hydrogen-bond donors (Lipinski definition) is 2. The zero-order valence-corrected chi connectivity index (χ0v) is 14.2. The number of nitrogens with one attached hydrogen (secondary N) is 2. The van der Waals surface area contributed by atoms with Gasteiger partial charge in [-0.3, -0.25) is 4.68 Å². The smallest absolute Gasteiger partial charge is 0.320 e. The summed E-state index contributed by atoms with van der Waals surface area (Å²) in [5, 5.41) is 9.80. The SMILES string of the molecule is Cc1nn(C)cc1NC(=O)N[C@H](c1cccc(F)c1)c1nccn1C. The van der Waals surface area contributed by atoms with Crippen molar-refractivity contribution in [3.8, 4) is 0 Å². The minimum absolute atomic E-state index is 0.373. The maximum Gasteiger partial charge on any atom is 0.320 e. The van der Waals surface area contributed by atoms with E-state index in [0.29, 0.717) is 22.8 Å². The molecule has 0 spiro atoms. The number of amides is 2. The normalized spacial score (nSPS) is 12.0. The van der Waals surface area contributed by atoms with E-state index in [1.165, 1.54) is 12.1 Å². The van der Waals surface area contributed by atoms with Gasteiger partial charge >= 0.3 is 6.03 Å². The number of anilines is 1. The minimum Gasteiger partial charge on any atom is -0.336 e. The molecule has 2 amide bonds. The summed E-state index contributed by atoms with van der Waals surface area (Å²) in [6.07, 6.45) is 5.12. The number of hydrogen-bond acceptors (Lipinski definition) is 3. The van der Waals surface area contributed by atoms with Crippen molar-refractivity contribution in [3.05, 3.63) is 65.8 Å². The predicted molar refractivity (Wildman–Crippen MR) is 91.6 cm³/mol. The Bertz CT molecular complexity index is 900. The number of nitrogens with zero attached hydrogens (tertiary/aromatic N) is 4. The summed E-state index contributed by atoms with van der Waals surface area (Å²) in [7, 11) is 3.60. The van der Waals surface area contributed by atoms with E-state index in [4.69, 9.17) is 0 Å². The Kier molecular flexibility index (Phi) is 4.51. The van der Waals surface area contributed by atoms with Crippen molar-refractivity contribution in [1.29, 1.82) is 0 Å². The molecule has 0 aliphatic carbocycles. The molecule has 1 atom stereocenters. The van der Waals surface area contributed by atoms with Crippen LogP contribution in [0.1, 0.15) is 23.1 Å². The molecular weight excluding hydrogens is 323 g/mol. The number of carbonyl (C=O) groups is 1. The van der Waals surface area contributed by atoms with Gasteiger partial charge in [-0.25, -0.2) is 14.2 Å². The lowest BCUT2D eigenvalue weighted by atomic mass is 10.1. The summed E-state index contributed by atoms with van der Waals surface area (Å²) in [6.45, 7) is 1.80. The fourth-order valence-corrected chi connectivity index (χ4v) is 2.65. The molecule has 0 unspecified atom stereocenters. The van der Waals surface area contributed by atoms with Gasteiger partial charge in [0.15, 0.2) is 0 Å². The van der Waals surface area contributed by atoms with Crippen molar-refractivity contribution in [3.63, 3.8) is 0 Å². The average Bonchev–Trinajstić information content (AvgIpc) is 3.10. The van der Waals surface area contributed by atoms with Gasteiger partial charge in [0.1, 0.15) is 17.7 Å². The molecule has 0 aliphatic rings. The van der Waals surface area contributed by atoms with Crippen LogP contribution in [0.4, 0.5) is 14.9 Å². The van der Waals surface area contributed by atoms with Gasteiger partial charge in [-0.1, -0.05) is 12.1 Å². The number of carbonyl (C=O) groups excluding carboxylic acids is 1. The lowest BCUT2D eigenvalue weighted by molar-refractivity contribution is 0.249. The van der Waals surface area contributed by atoms with E-state index in [1.807, 2.05) is 7.05 Å². The van der Waals surface area contributed by atoms with Crippen molar-refractivity contribution >= 4 is 11.7 Å². The van der Waals surface area contributed by atoms with Gasteiger partial charge in [0.2, 0.25) is 0 Å². The van der Waals surface area contributed by atoms with Gasteiger partial charge in [0, 0.05) is 32.7 Å². The molecule has 0 bridgehead atoms. The third kappa shape index (κ3) is 3.68. The number of aryl methyl sites for hydroxylation is 3. The highest BCUT2D eigenvalue weighted by molar-refractivity contribution is 5.90. The monoisotopic (exact) mass is 342 g/mol. The Hall–Kier alpha value is -3.16. The lowest BCUT2D eigenvalue weighted by Crippen LogP contribution is -2.34. The third-order valence-electron chi connectivity index (χ3n) is 3.84. The largest absolute Gasteiger partial charge is 0.336 e. The Morgan fingerprint density at radius 1 is 1.32 bits per heavy atom. The maximum absolute atomic E-state index is 13.6. The van der Waals surface area contributed by atoms with E-state index < -0.39 is 12.1 Å². The summed E-state index contributed by atoms with van der Waals surface area (Å²) >= 11 is 0. The number of rotatable bonds is 4. The fraction of sp³-hybridized carbons (Fsp3) is 0.235. The van der Waals surface area contributed by atoms with Crippen LogP contribution in [0.25, 0.3) is 0 Å². The average molecular weight is 342 g/mol. The van der Waals surface area contributed by atoms with Crippen molar-refractivity contribution in [1.82, 2.24) is 24.6 Å². The van der Waals surface area contributed by atoms with Gasteiger partial charge in [0.05, 0.1) is 11.4 Å². The standard InChI is InChI=1S/C17H19FN6O/c1-11-14(10-24(3)22-11)20-17(25)21-15(16-19-7-8-23(16)2)12-5-4-6-13(18)9-12/h4-10,15H,1-3H3,(H2,20,21,25)/t15-/m1/s1.